The second-order valence-electron chi connectivity index (χ2n) is 5.67. The maximum atomic E-state index is 12.7. The van der Waals surface area contributed by atoms with Gasteiger partial charge in [0.25, 0.3) is 5.91 Å². The number of hydrogen-bond donors (Lipinski definition) is 0. The van der Waals surface area contributed by atoms with E-state index in [9.17, 15) is 9.59 Å². The van der Waals surface area contributed by atoms with Crippen LogP contribution in [-0.2, 0) is 14.3 Å². The van der Waals surface area contributed by atoms with Crippen molar-refractivity contribution in [2.75, 3.05) is 31.6 Å². The van der Waals surface area contributed by atoms with Gasteiger partial charge in [-0.05, 0) is 17.7 Å². The molecule has 1 aliphatic heterocycles. The van der Waals surface area contributed by atoms with Crippen LogP contribution in [-0.4, -0.2) is 43.5 Å². The number of methoxy groups -OCH3 is 1. The van der Waals surface area contributed by atoms with Gasteiger partial charge in [-0.2, -0.15) is 0 Å². The van der Waals surface area contributed by atoms with Crippen molar-refractivity contribution < 1.29 is 14.3 Å². The van der Waals surface area contributed by atoms with Gasteiger partial charge in [0.1, 0.15) is 6.54 Å². The van der Waals surface area contributed by atoms with Crippen molar-refractivity contribution in [1.29, 1.82) is 0 Å². The van der Waals surface area contributed by atoms with Crippen molar-refractivity contribution in [1.82, 2.24) is 4.90 Å². The third kappa shape index (κ3) is 3.31. The summed E-state index contributed by atoms with van der Waals surface area (Å²) in [7, 11) is 1.51. The van der Waals surface area contributed by atoms with Crippen LogP contribution in [0.4, 0.5) is 5.69 Å². The first-order valence-corrected chi connectivity index (χ1v) is 7.92. The number of carbonyl (C=O) groups is 2. The van der Waals surface area contributed by atoms with Crippen LogP contribution in [0.25, 0.3) is 0 Å². The summed E-state index contributed by atoms with van der Waals surface area (Å²) >= 11 is 0. The highest BCUT2D eigenvalue weighted by Crippen LogP contribution is 2.22. The Morgan fingerprint density at radius 1 is 1.00 bits per heavy atom. The van der Waals surface area contributed by atoms with E-state index in [1.807, 2.05) is 60.7 Å². The Morgan fingerprint density at radius 2 is 1.62 bits per heavy atom. The van der Waals surface area contributed by atoms with Crippen LogP contribution in [0.2, 0.25) is 0 Å². The molecule has 0 bridgehead atoms. The minimum absolute atomic E-state index is 0.0699. The monoisotopic (exact) mass is 324 g/mol. The molecule has 0 N–H and O–H groups in total. The first-order valence-electron chi connectivity index (χ1n) is 7.92. The van der Waals surface area contributed by atoms with Crippen LogP contribution in [0.3, 0.4) is 0 Å². The first-order chi connectivity index (χ1) is 11.7. The van der Waals surface area contributed by atoms with E-state index in [0.29, 0.717) is 13.1 Å². The summed E-state index contributed by atoms with van der Waals surface area (Å²) in [5, 5.41) is 0. The van der Waals surface area contributed by atoms with Gasteiger partial charge in [0.05, 0.1) is 0 Å². The summed E-state index contributed by atoms with van der Waals surface area (Å²) in [5.74, 6) is -0.256. The minimum Gasteiger partial charge on any atom is -0.367 e. The molecule has 124 valence electrons. The molecule has 1 atom stereocenters. The molecule has 0 aliphatic carbocycles. The quantitative estimate of drug-likeness (QED) is 0.867. The van der Waals surface area contributed by atoms with Gasteiger partial charge in [0.2, 0.25) is 5.91 Å². The second kappa shape index (κ2) is 7.27. The van der Waals surface area contributed by atoms with Crippen molar-refractivity contribution >= 4 is 17.5 Å². The van der Waals surface area contributed by atoms with Gasteiger partial charge in [0, 0.05) is 25.9 Å². The Morgan fingerprint density at radius 3 is 2.21 bits per heavy atom. The molecular weight excluding hydrogens is 304 g/mol. The van der Waals surface area contributed by atoms with E-state index in [0.717, 1.165) is 11.3 Å². The number of rotatable bonds is 4. The standard InChI is InChI=1S/C19H20N2O3/c1-24-18(15-8-4-2-5-9-15)19(23)20-12-13-21(17(22)14-20)16-10-6-3-7-11-16/h2-11,18H,12-14H2,1H3/t18-/m0/s1. The Bertz CT molecular complexity index is 703. The number of carbonyl (C=O) groups excluding carboxylic acids is 2. The number of piperazine rings is 1. The van der Waals surface area contributed by atoms with Crippen LogP contribution < -0.4 is 4.90 Å². The average Bonchev–Trinajstić information content (AvgIpc) is 2.64. The van der Waals surface area contributed by atoms with Gasteiger partial charge in [-0.25, -0.2) is 0 Å². The van der Waals surface area contributed by atoms with E-state index >= 15 is 0 Å². The lowest BCUT2D eigenvalue weighted by Crippen LogP contribution is -2.53. The van der Waals surface area contributed by atoms with E-state index < -0.39 is 6.10 Å². The van der Waals surface area contributed by atoms with Crippen LogP contribution in [0.5, 0.6) is 0 Å². The molecule has 1 fully saturated rings. The van der Waals surface area contributed by atoms with Crippen LogP contribution in [0.1, 0.15) is 11.7 Å². The zero-order valence-electron chi connectivity index (χ0n) is 13.6. The van der Waals surface area contributed by atoms with Crippen molar-refractivity contribution in [2.24, 2.45) is 0 Å². The summed E-state index contributed by atoms with van der Waals surface area (Å²) in [6.45, 7) is 1.05. The van der Waals surface area contributed by atoms with Crippen molar-refractivity contribution in [3.8, 4) is 0 Å². The summed E-state index contributed by atoms with van der Waals surface area (Å²) in [4.78, 5) is 28.5. The Labute approximate surface area is 141 Å². The number of ether oxygens (including phenoxy) is 1. The van der Waals surface area contributed by atoms with Crippen LogP contribution in [0, 0.1) is 0 Å². The number of benzene rings is 2. The van der Waals surface area contributed by atoms with Gasteiger partial charge in [-0.15, -0.1) is 0 Å². The van der Waals surface area contributed by atoms with E-state index in [1.54, 1.807) is 9.80 Å². The number of hydrogen-bond acceptors (Lipinski definition) is 3. The number of para-hydroxylation sites is 1. The molecule has 1 saturated heterocycles. The lowest BCUT2D eigenvalue weighted by molar-refractivity contribution is -0.146. The highest BCUT2D eigenvalue weighted by Gasteiger charge is 2.32. The normalized spacial score (nSPS) is 16.1. The molecule has 1 heterocycles. The Balaban J connectivity index is 1.71. The van der Waals surface area contributed by atoms with Gasteiger partial charge >= 0.3 is 0 Å². The Kier molecular flexibility index (Phi) is 4.91. The largest absolute Gasteiger partial charge is 0.367 e. The SMILES string of the molecule is CO[C@H](C(=O)N1CCN(c2ccccc2)C(=O)C1)c1ccccc1. The maximum absolute atomic E-state index is 12.7. The van der Waals surface area contributed by atoms with Crippen molar-refractivity contribution in [3.63, 3.8) is 0 Å². The fraction of sp³-hybridized carbons (Fsp3) is 0.263. The van der Waals surface area contributed by atoms with E-state index in [4.69, 9.17) is 4.74 Å². The molecule has 0 radical (unpaired) electrons. The summed E-state index contributed by atoms with van der Waals surface area (Å²) < 4.78 is 5.38. The third-order valence-corrected chi connectivity index (χ3v) is 4.16. The molecule has 0 aromatic heterocycles. The first kappa shape index (κ1) is 16.2. The molecule has 3 rings (SSSR count). The average molecular weight is 324 g/mol. The smallest absolute Gasteiger partial charge is 0.256 e. The fourth-order valence-corrected chi connectivity index (χ4v) is 2.92. The summed E-state index contributed by atoms with van der Waals surface area (Å²) in [6.07, 6.45) is -0.678. The molecule has 2 aromatic carbocycles. The fourth-order valence-electron chi connectivity index (χ4n) is 2.92. The number of amides is 2. The molecule has 0 spiro atoms. The summed E-state index contributed by atoms with van der Waals surface area (Å²) in [5.41, 5.74) is 1.66. The minimum atomic E-state index is -0.678. The zero-order chi connectivity index (χ0) is 16.9. The van der Waals surface area contributed by atoms with Crippen LogP contribution >= 0.6 is 0 Å². The second-order valence-corrected chi connectivity index (χ2v) is 5.67. The predicted molar refractivity (Wildman–Crippen MR) is 91.6 cm³/mol. The maximum Gasteiger partial charge on any atom is 0.256 e. The molecular formula is C19H20N2O3. The molecule has 0 saturated carbocycles. The van der Waals surface area contributed by atoms with E-state index in [-0.39, 0.29) is 18.4 Å². The molecule has 0 unspecified atom stereocenters. The van der Waals surface area contributed by atoms with E-state index in [2.05, 4.69) is 0 Å². The summed E-state index contributed by atoms with van der Waals surface area (Å²) in [6, 6.07) is 18.9. The molecule has 24 heavy (non-hydrogen) atoms. The highest BCUT2D eigenvalue weighted by atomic mass is 16.5. The molecule has 2 aromatic rings. The van der Waals surface area contributed by atoms with Crippen molar-refractivity contribution in [2.45, 2.75) is 6.10 Å². The van der Waals surface area contributed by atoms with Gasteiger partial charge in [-0.1, -0.05) is 48.5 Å². The van der Waals surface area contributed by atoms with Gasteiger partial charge in [-0.3, -0.25) is 9.59 Å². The zero-order valence-corrected chi connectivity index (χ0v) is 13.6. The third-order valence-electron chi connectivity index (χ3n) is 4.16. The lowest BCUT2D eigenvalue weighted by atomic mass is 10.1. The topological polar surface area (TPSA) is 49.9 Å². The van der Waals surface area contributed by atoms with Crippen molar-refractivity contribution in [3.05, 3.63) is 66.2 Å². The van der Waals surface area contributed by atoms with Gasteiger partial charge < -0.3 is 14.5 Å². The lowest BCUT2D eigenvalue weighted by Gasteiger charge is -2.35. The highest BCUT2D eigenvalue weighted by molar-refractivity contribution is 5.98. The predicted octanol–water partition coefficient (Wildman–Crippen LogP) is 2.25. The molecule has 5 nitrogen and oxygen atoms in total. The Hall–Kier alpha value is -2.66. The number of anilines is 1. The number of nitrogens with zero attached hydrogens (tertiary/aromatic N) is 2. The molecule has 1 aliphatic rings. The van der Waals surface area contributed by atoms with Crippen LogP contribution in [0.15, 0.2) is 60.7 Å². The molecule has 2 amide bonds. The molecule has 5 heteroatoms. The van der Waals surface area contributed by atoms with E-state index in [1.165, 1.54) is 7.11 Å². The van der Waals surface area contributed by atoms with Gasteiger partial charge in [0.15, 0.2) is 6.10 Å².